The van der Waals surface area contributed by atoms with Crippen LogP contribution in [0.25, 0.3) is 11.0 Å². The van der Waals surface area contributed by atoms with Crippen LogP contribution in [-0.4, -0.2) is 48.4 Å². The Balaban J connectivity index is 1.58. The normalized spacial score (nSPS) is 17.1. The summed E-state index contributed by atoms with van der Waals surface area (Å²) in [5.74, 6) is -0.210. The minimum atomic E-state index is -0.586. The van der Waals surface area contributed by atoms with Crippen LogP contribution >= 0.6 is 0 Å². The van der Waals surface area contributed by atoms with Crippen molar-refractivity contribution in [3.63, 3.8) is 0 Å². The fourth-order valence-electron chi connectivity index (χ4n) is 3.76. The molecule has 3 aromatic rings. The highest BCUT2D eigenvalue weighted by Crippen LogP contribution is 2.27. The van der Waals surface area contributed by atoms with Crippen molar-refractivity contribution in [2.75, 3.05) is 25.5 Å². The average molecular weight is 392 g/mol. The molecule has 1 fully saturated rings. The number of piperidine rings is 1. The van der Waals surface area contributed by atoms with Gasteiger partial charge in [-0.1, -0.05) is 18.2 Å². The Labute approximate surface area is 169 Å². The molecule has 0 saturated carbocycles. The third-order valence-electron chi connectivity index (χ3n) is 5.08. The molecule has 29 heavy (non-hydrogen) atoms. The summed E-state index contributed by atoms with van der Waals surface area (Å²) in [6.07, 6.45) is 4.74. The Kier molecular flexibility index (Phi) is 5.31. The number of nitrogens with zero attached hydrogens (tertiary/aromatic N) is 3. The molecule has 4 rings (SSSR count). The second kappa shape index (κ2) is 8.05. The van der Waals surface area contributed by atoms with Crippen molar-refractivity contribution >= 4 is 28.5 Å². The predicted octanol–water partition coefficient (Wildman–Crippen LogP) is 2.81. The van der Waals surface area contributed by atoms with E-state index < -0.39 is 6.04 Å². The number of hydrogen-bond acceptors (Lipinski definition) is 5. The molecular formula is C22H24N4O3. The van der Waals surface area contributed by atoms with E-state index in [1.807, 2.05) is 49.3 Å². The number of carbonyl (C=O) groups excluding carboxylic acids is 2. The number of amides is 2. The first-order chi connectivity index (χ1) is 14.0. The first kappa shape index (κ1) is 19.1. The van der Waals surface area contributed by atoms with Gasteiger partial charge in [0.15, 0.2) is 5.76 Å². The molecule has 0 bridgehead atoms. The topological polar surface area (TPSA) is 78.7 Å². The van der Waals surface area contributed by atoms with Crippen LogP contribution in [0.1, 0.15) is 29.0 Å². The van der Waals surface area contributed by atoms with Crippen LogP contribution < -0.4 is 10.2 Å². The van der Waals surface area contributed by atoms with Gasteiger partial charge in [0.25, 0.3) is 5.91 Å². The van der Waals surface area contributed by atoms with Gasteiger partial charge in [-0.3, -0.25) is 14.6 Å². The van der Waals surface area contributed by atoms with Crippen molar-refractivity contribution < 1.29 is 14.0 Å². The van der Waals surface area contributed by atoms with Gasteiger partial charge in [0.05, 0.1) is 11.9 Å². The number of aromatic nitrogens is 1. The van der Waals surface area contributed by atoms with E-state index in [9.17, 15) is 9.59 Å². The summed E-state index contributed by atoms with van der Waals surface area (Å²) >= 11 is 0. The van der Waals surface area contributed by atoms with Crippen molar-refractivity contribution in [3.05, 3.63) is 60.1 Å². The molecule has 1 atom stereocenters. The molecule has 150 valence electrons. The van der Waals surface area contributed by atoms with Gasteiger partial charge in [-0.05, 0) is 45.1 Å². The first-order valence-electron chi connectivity index (χ1n) is 9.72. The summed E-state index contributed by atoms with van der Waals surface area (Å²) in [6, 6.07) is 10.7. The van der Waals surface area contributed by atoms with Crippen molar-refractivity contribution in [1.29, 1.82) is 0 Å². The number of carbonyl (C=O) groups is 2. The van der Waals surface area contributed by atoms with Gasteiger partial charge in [0, 0.05) is 30.2 Å². The largest absolute Gasteiger partial charge is 0.451 e. The van der Waals surface area contributed by atoms with Crippen molar-refractivity contribution in [1.82, 2.24) is 15.2 Å². The summed E-state index contributed by atoms with van der Waals surface area (Å²) in [5, 5.41) is 3.81. The number of anilines is 1. The van der Waals surface area contributed by atoms with E-state index in [1.165, 1.54) is 0 Å². The standard InChI is InChI=1S/C22H24N4O3/c1-25(2)14-17-16-8-3-4-10-19(16)29-20(17)21(27)24-18-9-6-12-26(22(18)28)15-7-5-11-23-13-15/h3-5,7-8,10-11,13,18H,6,9,12,14H2,1-2H3,(H,24,27). The molecule has 0 aliphatic carbocycles. The van der Waals surface area contributed by atoms with Crippen LogP contribution in [0, 0.1) is 0 Å². The minimum absolute atomic E-state index is 0.122. The van der Waals surface area contributed by atoms with E-state index in [0.29, 0.717) is 25.1 Å². The van der Waals surface area contributed by atoms with Crippen LogP contribution in [0.15, 0.2) is 53.2 Å². The second-order valence-corrected chi connectivity index (χ2v) is 7.51. The Morgan fingerprint density at radius 3 is 2.86 bits per heavy atom. The molecule has 1 saturated heterocycles. The smallest absolute Gasteiger partial charge is 0.288 e. The SMILES string of the molecule is CN(C)Cc1c(C(=O)NC2CCCN(c3cccnc3)C2=O)oc2ccccc12. The molecule has 0 radical (unpaired) electrons. The Bertz CT molecular complexity index is 1030. The molecule has 7 nitrogen and oxygen atoms in total. The quantitative estimate of drug-likeness (QED) is 0.722. The molecule has 1 N–H and O–H groups in total. The van der Waals surface area contributed by atoms with Crippen LogP contribution in [0.3, 0.4) is 0 Å². The number of para-hydroxylation sites is 1. The third kappa shape index (κ3) is 3.86. The van der Waals surface area contributed by atoms with Crippen LogP contribution in [0.5, 0.6) is 0 Å². The Hall–Kier alpha value is -3.19. The molecule has 2 aromatic heterocycles. The summed E-state index contributed by atoms with van der Waals surface area (Å²) < 4.78 is 5.88. The fourth-order valence-corrected chi connectivity index (χ4v) is 3.76. The van der Waals surface area contributed by atoms with Crippen molar-refractivity contribution in [2.45, 2.75) is 25.4 Å². The zero-order chi connectivity index (χ0) is 20.4. The molecule has 2 amide bonds. The van der Waals surface area contributed by atoms with Crippen molar-refractivity contribution in [3.8, 4) is 0 Å². The maximum Gasteiger partial charge on any atom is 0.288 e. The minimum Gasteiger partial charge on any atom is -0.451 e. The molecule has 1 unspecified atom stereocenters. The van der Waals surface area contributed by atoms with Gasteiger partial charge in [-0.25, -0.2) is 0 Å². The molecule has 7 heteroatoms. The first-order valence-corrected chi connectivity index (χ1v) is 9.72. The van der Waals surface area contributed by atoms with E-state index in [0.717, 1.165) is 23.1 Å². The zero-order valence-electron chi connectivity index (χ0n) is 16.6. The van der Waals surface area contributed by atoms with Crippen LogP contribution in [-0.2, 0) is 11.3 Å². The lowest BCUT2D eigenvalue weighted by atomic mass is 10.0. The number of hydrogen-bond donors (Lipinski definition) is 1. The number of nitrogens with one attached hydrogen (secondary N) is 1. The van der Waals surface area contributed by atoms with Crippen LogP contribution in [0.4, 0.5) is 5.69 Å². The Morgan fingerprint density at radius 1 is 1.28 bits per heavy atom. The molecule has 1 aliphatic rings. The van der Waals surface area contributed by atoms with E-state index in [4.69, 9.17) is 4.42 Å². The highest BCUT2D eigenvalue weighted by atomic mass is 16.3. The maximum atomic E-state index is 13.1. The summed E-state index contributed by atoms with van der Waals surface area (Å²) in [4.78, 5) is 33.8. The van der Waals surface area contributed by atoms with Crippen molar-refractivity contribution in [2.24, 2.45) is 0 Å². The number of pyridine rings is 1. The summed E-state index contributed by atoms with van der Waals surface area (Å²) in [6.45, 7) is 1.19. The third-order valence-corrected chi connectivity index (χ3v) is 5.08. The van der Waals surface area contributed by atoms with Gasteiger partial charge in [0.1, 0.15) is 11.6 Å². The van der Waals surface area contributed by atoms with Gasteiger partial charge in [-0.15, -0.1) is 0 Å². The summed E-state index contributed by atoms with van der Waals surface area (Å²) in [5.41, 5.74) is 2.24. The predicted molar refractivity (Wildman–Crippen MR) is 111 cm³/mol. The molecular weight excluding hydrogens is 368 g/mol. The Morgan fingerprint density at radius 2 is 2.10 bits per heavy atom. The molecule has 3 heterocycles. The fraction of sp³-hybridized carbons (Fsp3) is 0.318. The van der Waals surface area contributed by atoms with Gasteiger partial charge < -0.3 is 19.5 Å². The lowest BCUT2D eigenvalue weighted by molar-refractivity contribution is -0.121. The number of benzene rings is 1. The van der Waals surface area contributed by atoms with Gasteiger partial charge in [-0.2, -0.15) is 0 Å². The molecule has 0 spiro atoms. The zero-order valence-corrected chi connectivity index (χ0v) is 16.6. The van der Waals surface area contributed by atoms with Gasteiger partial charge >= 0.3 is 0 Å². The molecule has 1 aliphatic heterocycles. The second-order valence-electron chi connectivity index (χ2n) is 7.51. The van der Waals surface area contributed by atoms with E-state index >= 15 is 0 Å². The summed E-state index contributed by atoms with van der Waals surface area (Å²) in [7, 11) is 3.89. The maximum absolute atomic E-state index is 13.1. The van der Waals surface area contributed by atoms with Gasteiger partial charge in [0.2, 0.25) is 5.91 Å². The lowest BCUT2D eigenvalue weighted by Gasteiger charge is -2.32. The van der Waals surface area contributed by atoms with E-state index in [-0.39, 0.29) is 17.6 Å². The van der Waals surface area contributed by atoms with E-state index in [2.05, 4.69) is 10.3 Å². The number of furan rings is 1. The average Bonchev–Trinajstić information content (AvgIpc) is 3.08. The van der Waals surface area contributed by atoms with Crippen LogP contribution in [0.2, 0.25) is 0 Å². The monoisotopic (exact) mass is 392 g/mol. The highest BCUT2D eigenvalue weighted by molar-refractivity contribution is 6.04. The molecule has 1 aromatic carbocycles. The number of fused-ring (bicyclic) bond motifs is 1. The van der Waals surface area contributed by atoms with E-state index in [1.54, 1.807) is 23.4 Å². The number of rotatable bonds is 5. The lowest BCUT2D eigenvalue weighted by Crippen LogP contribution is -2.52. The highest BCUT2D eigenvalue weighted by Gasteiger charge is 2.32.